The number of hydrogen-bond donors (Lipinski definition) is 6. The topological polar surface area (TPSA) is 171 Å². The van der Waals surface area contributed by atoms with Gasteiger partial charge in [-0.2, -0.15) is 0 Å². The molecule has 2 amide bonds. The Bertz CT molecular complexity index is 495. The van der Waals surface area contributed by atoms with Crippen LogP contribution in [0.5, 0.6) is 0 Å². The van der Waals surface area contributed by atoms with E-state index in [1.54, 1.807) is 19.3 Å². The van der Waals surface area contributed by atoms with Crippen molar-refractivity contribution in [1.82, 2.24) is 10.8 Å². The van der Waals surface area contributed by atoms with Crippen molar-refractivity contribution in [3.05, 3.63) is 0 Å². The third-order valence-corrected chi connectivity index (χ3v) is 5.14. The molecule has 7 N–H and O–H groups in total. The van der Waals surface area contributed by atoms with Crippen LogP contribution in [0.2, 0.25) is 0 Å². The number of hydrogen-bond acceptors (Lipinski definition) is 7. The fourth-order valence-corrected chi connectivity index (χ4v) is 3.22. The Kier molecular flexibility index (Phi) is 13.7. The molecule has 0 rings (SSSR count). The lowest BCUT2D eigenvalue weighted by atomic mass is 9.85. The van der Waals surface area contributed by atoms with Gasteiger partial charge in [-0.25, -0.2) is 5.48 Å². The average molecular weight is 422 g/mol. The van der Waals surface area contributed by atoms with Crippen LogP contribution in [0.25, 0.3) is 0 Å². The monoisotopic (exact) mass is 421 g/mol. The Hall–Kier alpha value is -1.53. The molecule has 0 bridgehead atoms. The molecule has 0 radical (unpaired) electrons. The van der Waals surface area contributed by atoms with Gasteiger partial charge in [0.05, 0.1) is 18.6 Å². The lowest BCUT2D eigenvalue weighted by Crippen LogP contribution is -2.43. The Balaban J connectivity index is 5.12. The smallest absolute Gasteiger partial charge is 0.306 e. The summed E-state index contributed by atoms with van der Waals surface area (Å²) < 4.78 is 5.21. The number of rotatable bonds is 16. The van der Waals surface area contributed by atoms with Crippen LogP contribution in [0.3, 0.4) is 0 Å². The van der Waals surface area contributed by atoms with Crippen molar-refractivity contribution in [3.63, 3.8) is 0 Å². The minimum Gasteiger partial charge on any atom is -0.481 e. The average Bonchev–Trinajstić information content (AvgIpc) is 2.65. The zero-order valence-corrected chi connectivity index (χ0v) is 18.9. The van der Waals surface area contributed by atoms with Gasteiger partial charge in [-0.05, 0) is 25.7 Å². The number of hydroxylamine groups is 1. The Morgan fingerprint density at radius 3 is 2.29 bits per heavy atom. The summed E-state index contributed by atoms with van der Waals surface area (Å²) >= 11 is 0. The van der Waals surface area contributed by atoms with E-state index in [-0.39, 0.29) is 38.5 Å². The largest absolute Gasteiger partial charge is 0.481 e. The molecule has 28 heavy (non-hydrogen) atoms. The van der Waals surface area contributed by atoms with Crippen LogP contribution in [0.1, 0.15) is 39.5 Å². The van der Waals surface area contributed by atoms with E-state index < -0.39 is 41.6 Å². The number of carbonyl (C=O) groups excluding carboxylic acids is 2. The third kappa shape index (κ3) is 10.7. The van der Waals surface area contributed by atoms with Gasteiger partial charge in [0.15, 0.2) is 0 Å². The fraction of sp³-hybridized carbons (Fsp3) is 0.824. The molecule has 5 unspecified atom stereocenters. The number of nitrogens with one attached hydrogen (secondary N) is 2. The highest BCUT2D eigenvalue weighted by Crippen LogP contribution is 2.23. The van der Waals surface area contributed by atoms with Crippen LogP contribution >= 0.6 is 0 Å². The van der Waals surface area contributed by atoms with E-state index in [1.807, 2.05) is 0 Å². The number of aliphatic hydroxyl groups excluding tert-OH is 1. The molecule has 164 valence electrons. The maximum Gasteiger partial charge on any atom is 0.306 e. The van der Waals surface area contributed by atoms with Gasteiger partial charge in [0, 0.05) is 40.9 Å². The molecule has 0 aromatic heterocycles. The van der Waals surface area contributed by atoms with Crippen LogP contribution in [0.15, 0.2) is 0 Å². The van der Waals surface area contributed by atoms with Gasteiger partial charge >= 0.3 is 5.97 Å². The molecular formula is C17H35N3O7Si. The first-order valence-corrected chi connectivity index (χ1v) is 11.0. The quantitative estimate of drug-likeness (QED) is 0.0959. The molecular weight excluding hydrogens is 386 g/mol. The van der Waals surface area contributed by atoms with Crippen molar-refractivity contribution in [3.8, 4) is 0 Å². The summed E-state index contributed by atoms with van der Waals surface area (Å²) in [6, 6.07) is -0.387. The van der Waals surface area contributed by atoms with Crippen molar-refractivity contribution in [1.29, 1.82) is 0 Å². The summed E-state index contributed by atoms with van der Waals surface area (Å²) in [6.45, 7) is 3.70. The first kappa shape index (κ1) is 26.5. The summed E-state index contributed by atoms with van der Waals surface area (Å²) in [5.41, 5.74) is 7.08. The summed E-state index contributed by atoms with van der Waals surface area (Å²) in [6.07, 6.45) is 0.812. The van der Waals surface area contributed by atoms with Crippen molar-refractivity contribution >= 4 is 28.0 Å². The Labute approximate surface area is 168 Å². The molecule has 5 atom stereocenters. The van der Waals surface area contributed by atoms with Crippen LogP contribution < -0.4 is 16.5 Å². The Morgan fingerprint density at radius 1 is 1.18 bits per heavy atom. The Morgan fingerprint density at radius 2 is 1.82 bits per heavy atom. The predicted molar refractivity (Wildman–Crippen MR) is 106 cm³/mol. The lowest BCUT2D eigenvalue weighted by Gasteiger charge is -2.27. The highest BCUT2D eigenvalue weighted by molar-refractivity contribution is 6.08. The molecule has 0 aliphatic heterocycles. The van der Waals surface area contributed by atoms with E-state index in [4.69, 9.17) is 15.7 Å². The molecule has 0 aliphatic carbocycles. The van der Waals surface area contributed by atoms with E-state index in [1.165, 1.54) is 0 Å². The zero-order valence-electron chi connectivity index (χ0n) is 16.9. The summed E-state index contributed by atoms with van der Waals surface area (Å²) in [7, 11) is 0.863. The SMILES string of the molecule is CCC(CC(CC(CC(C)C(=O)NO)NCC(O)COC[SiH3])C(N)=O)C(=O)O. The van der Waals surface area contributed by atoms with Gasteiger partial charge in [0.25, 0.3) is 0 Å². The molecule has 0 aromatic rings. The van der Waals surface area contributed by atoms with E-state index in [0.29, 0.717) is 12.7 Å². The summed E-state index contributed by atoms with van der Waals surface area (Å²) in [5.74, 6) is -4.11. The maximum absolute atomic E-state index is 11.9. The number of primary amides is 1. The number of aliphatic carboxylic acids is 1. The second-order valence-electron chi connectivity index (χ2n) is 7.05. The molecule has 0 aromatic carbocycles. The highest BCUT2D eigenvalue weighted by atomic mass is 28.1. The molecule has 0 fully saturated rings. The number of carbonyl (C=O) groups is 3. The van der Waals surface area contributed by atoms with Crippen molar-refractivity contribution in [2.75, 3.05) is 19.4 Å². The number of ether oxygens (including phenoxy) is 1. The number of carboxylic acids is 1. The van der Waals surface area contributed by atoms with Crippen LogP contribution in [0.4, 0.5) is 0 Å². The van der Waals surface area contributed by atoms with Gasteiger partial charge in [-0.3, -0.25) is 19.6 Å². The van der Waals surface area contributed by atoms with Crippen LogP contribution in [-0.2, 0) is 19.1 Å². The minimum atomic E-state index is -0.984. The highest BCUT2D eigenvalue weighted by Gasteiger charge is 2.29. The van der Waals surface area contributed by atoms with Crippen molar-refractivity contribution in [2.45, 2.75) is 51.7 Å². The van der Waals surface area contributed by atoms with E-state index in [0.717, 1.165) is 10.2 Å². The van der Waals surface area contributed by atoms with Gasteiger partial charge in [-0.15, -0.1) is 0 Å². The summed E-state index contributed by atoms with van der Waals surface area (Å²) in [5, 5.41) is 31.1. The van der Waals surface area contributed by atoms with E-state index in [2.05, 4.69) is 5.32 Å². The first-order valence-electron chi connectivity index (χ1n) is 9.61. The fourth-order valence-electron chi connectivity index (χ4n) is 2.98. The van der Waals surface area contributed by atoms with Crippen LogP contribution in [0, 0.1) is 17.8 Å². The number of nitrogens with two attached hydrogens (primary N) is 1. The van der Waals surface area contributed by atoms with E-state index in [9.17, 15) is 24.6 Å². The standard InChI is InChI=1S/C17H35N3O7Si/c1-3-11(17(24)25)5-12(15(18)22)6-13(4-10(2)16(23)20-26)19-7-14(21)8-27-9-28/h10-14,19,21,26H,3-9H2,1-2,28H3,(H2,18,22)(H,20,23)(H,24,25). The van der Waals surface area contributed by atoms with E-state index >= 15 is 0 Å². The number of carboxylic acid groups (broad SMARTS) is 1. The third-order valence-electron chi connectivity index (χ3n) is 4.73. The predicted octanol–water partition coefficient (Wildman–Crippen LogP) is -1.83. The first-order chi connectivity index (χ1) is 13.2. The zero-order chi connectivity index (χ0) is 21.7. The van der Waals surface area contributed by atoms with Crippen molar-refractivity contribution < 1.29 is 34.5 Å². The number of aliphatic hydroxyl groups is 1. The molecule has 0 saturated carbocycles. The molecule has 0 spiro atoms. The summed E-state index contributed by atoms with van der Waals surface area (Å²) in [4.78, 5) is 34.8. The van der Waals surface area contributed by atoms with Gasteiger partial charge in [0.1, 0.15) is 0 Å². The molecule has 10 nitrogen and oxygen atoms in total. The molecule has 0 saturated heterocycles. The van der Waals surface area contributed by atoms with Crippen LogP contribution in [-0.4, -0.2) is 75.0 Å². The van der Waals surface area contributed by atoms with Gasteiger partial charge < -0.3 is 26.0 Å². The van der Waals surface area contributed by atoms with Gasteiger partial charge in [-0.1, -0.05) is 13.8 Å². The maximum atomic E-state index is 11.9. The van der Waals surface area contributed by atoms with Gasteiger partial charge in [0.2, 0.25) is 11.8 Å². The second kappa shape index (κ2) is 14.5. The lowest BCUT2D eigenvalue weighted by molar-refractivity contribution is -0.142. The second-order valence-corrected chi connectivity index (χ2v) is 7.62. The molecule has 0 heterocycles. The molecule has 11 heteroatoms. The molecule has 0 aliphatic rings. The number of amides is 2. The van der Waals surface area contributed by atoms with Crippen molar-refractivity contribution in [2.24, 2.45) is 23.5 Å². The normalized spacial score (nSPS) is 16.7. The minimum absolute atomic E-state index is 0.103.